The number of rotatable bonds is 9. The predicted molar refractivity (Wildman–Crippen MR) is 124 cm³/mol. The second-order valence-electron chi connectivity index (χ2n) is 7.88. The van der Waals surface area contributed by atoms with Crippen LogP contribution in [0.5, 0.6) is 0 Å². The van der Waals surface area contributed by atoms with Crippen LogP contribution in [0.4, 0.5) is 5.82 Å². The number of nitrogens with one attached hydrogen (secondary N) is 1. The van der Waals surface area contributed by atoms with Gasteiger partial charge >= 0.3 is 0 Å². The number of aryl methyl sites for hydroxylation is 1. The van der Waals surface area contributed by atoms with Crippen molar-refractivity contribution in [2.45, 2.75) is 45.4 Å². The van der Waals surface area contributed by atoms with Crippen molar-refractivity contribution < 1.29 is 19.2 Å². The van der Waals surface area contributed by atoms with Gasteiger partial charge in [-0.25, -0.2) is 4.98 Å². The van der Waals surface area contributed by atoms with Crippen LogP contribution in [0.2, 0.25) is 5.02 Å². The molecule has 0 spiro atoms. The molecule has 0 aromatic carbocycles. The van der Waals surface area contributed by atoms with Crippen LogP contribution in [0.15, 0.2) is 30.5 Å². The second kappa shape index (κ2) is 11.3. The van der Waals surface area contributed by atoms with E-state index in [1.54, 1.807) is 23.1 Å². The zero-order chi connectivity index (χ0) is 23.1. The summed E-state index contributed by atoms with van der Waals surface area (Å²) in [5.74, 6) is -0.0553. The van der Waals surface area contributed by atoms with Crippen molar-refractivity contribution in [3.05, 3.63) is 45.2 Å². The lowest BCUT2D eigenvalue weighted by molar-refractivity contribution is -0.135. The summed E-state index contributed by atoms with van der Waals surface area (Å²) in [7, 11) is 0. The zero-order valence-electron chi connectivity index (χ0n) is 17.9. The number of carbonyl (C=O) groups is 4. The van der Waals surface area contributed by atoms with Crippen LogP contribution in [0, 0.1) is 12.8 Å². The summed E-state index contributed by atoms with van der Waals surface area (Å²) >= 11 is 7.23. The van der Waals surface area contributed by atoms with E-state index in [0.717, 1.165) is 4.88 Å². The van der Waals surface area contributed by atoms with E-state index in [-0.39, 0.29) is 55.0 Å². The van der Waals surface area contributed by atoms with E-state index in [4.69, 9.17) is 11.6 Å². The number of thiophene rings is 1. The molecule has 1 aliphatic rings. The first kappa shape index (κ1) is 24.1. The third-order valence-corrected chi connectivity index (χ3v) is 6.73. The number of nitrogens with zero attached hydrogens (tertiary/aromatic N) is 2. The molecule has 2 aromatic rings. The molecular weight excluding hydrogens is 450 g/mol. The summed E-state index contributed by atoms with van der Waals surface area (Å²) in [6.45, 7) is 2.90. The first-order valence-corrected chi connectivity index (χ1v) is 11.8. The number of pyridine rings is 1. The topological polar surface area (TPSA) is 96.4 Å². The van der Waals surface area contributed by atoms with E-state index in [1.165, 1.54) is 17.5 Å². The van der Waals surface area contributed by atoms with Crippen LogP contribution < -0.4 is 5.32 Å². The second-order valence-corrected chi connectivity index (χ2v) is 9.60. The number of ketones is 2. The van der Waals surface area contributed by atoms with Crippen LogP contribution in [0.25, 0.3) is 0 Å². The van der Waals surface area contributed by atoms with Crippen LogP contribution in [-0.2, 0) is 14.4 Å². The normalized spacial score (nSPS) is 14.2. The maximum absolute atomic E-state index is 12.4. The summed E-state index contributed by atoms with van der Waals surface area (Å²) < 4.78 is 0. The quantitative estimate of drug-likeness (QED) is 0.545. The van der Waals surface area contributed by atoms with Crippen molar-refractivity contribution in [1.82, 2.24) is 9.88 Å². The summed E-state index contributed by atoms with van der Waals surface area (Å²) in [4.78, 5) is 56.6. The minimum atomic E-state index is -0.190. The molecule has 0 aliphatic carbocycles. The van der Waals surface area contributed by atoms with Crippen molar-refractivity contribution >= 4 is 52.1 Å². The van der Waals surface area contributed by atoms with E-state index in [1.807, 2.05) is 13.0 Å². The highest BCUT2D eigenvalue weighted by Crippen LogP contribution is 2.21. The Labute approximate surface area is 196 Å². The Bertz CT molecular complexity index is 981. The molecule has 1 fully saturated rings. The monoisotopic (exact) mass is 475 g/mol. The molecule has 1 saturated heterocycles. The lowest BCUT2D eigenvalue weighted by Crippen LogP contribution is -2.41. The molecule has 3 rings (SSSR count). The number of halogens is 1. The van der Waals surface area contributed by atoms with Gasteiger partial charge in [-0.05, 0) is 44.0 Å². The molecule has 2 amide bonds. The van der Waals surface area contributed by atoms with Gasteiger partial charge in [-0.3, -0.25) is 19.2 Å². The van der Waals surface area contributed by atoms with Gasteiger partial charge in [-0.1, -0.05) is 11.6 Å². The standard InChI is InChI=1S/C23H26ClN3O4S/c1-15-2-7-20(32-15)19(29)6-4-18(28)5-9-22(30)27-12-10-16(11-13-27)23(31)26-21-8-3-17(24)14-25-21/h2-3,7-8,14,16H,4-6,9-13H2,1H3,(H,25,26,31). The molecule has 0 saturated carbocycles. The Morgan fingerprint density at radius 2 is 1.78 bits per heavy atom. The number of likely N-dealkylation sites (tertiary alicyclic amines) is 1. The molecule has 170 valence electrons. The lowest BCUT2D eigenvalue weighted by Gasteiger charge is -2.31. The van der Waals surface area contributed by atoms with Crippen LogP contribution in [0.1, 0.15) is 53.1 Å². The first-order chi connectivity index (χ1) is 15.3. The molecular formula is C23H26ClN3O4S. The number of hydrogen-bond acceptors (Lipinski definition) is 6. The Kier molecular flexibility index (Phi) is 8.53. The highest BCUT2D eigenvalue weighted by Gasteiger charge is 2.27. The van der Waals surface area contributed by atoms with Gasteiger partial charge in [0.25, 0.3) is 0 Å². The lowest BCUT2D eigenvalue weighted by atomic mass is 9.95. The van der Waals surface area contributed by atoms with Gasteiger partial charge in [0.1, 0.15) is 11.6 Å². The Morgan fingerprint density at radius 1 is 1.06 bits per heavy atom. The Balaban J connectivity index is 1.35. The predicted octanol–water partition coefficient (Wildman–Crippen LogP) is 4.29. The summed E-state index contributed by atoms with van der Waals surface area (Å²) in [5.41, 5.74) is 0. The van der Waals surface area contributed by atoms with Gasteiger partial charge in [0, 0.05) is 55.8 Å². The minimum absolute atomic E-state index is 0.0306. The highest BCUT2D eigenvalue weighted by molar-refractivity contribution is 7.14. The van der Waals surface area contributed by atoms with Crippen molar-refractivity contribution in [3.63, 3.8) is 0 Å². The van der Waals surface area contributed by atoms with E-state index >= 15 is 0 Å². The molecule has 7 nitrogen and oxygen atoms in total. The fraction of sp³-hybridized carbons (Fsp3) is 0.435. The first-order valence-electron chi connectivity index (χ1n) is 10.6. The van der Waals surface area contributed by atoms with Crippen LogP contribution in [0.3, 0.4) is 0 Å². The van der Waals surface area contributed by atoms with Crippen molar-refractivity contribution in [2.24, 2.45) is 5.92 Å². The zero-order valence-corrected chi connectivity index (χ0v) is 19.5. The molecule has 1 aliphatic heterocycles. The number of carbonyl (C=O) groups excluding carboxylic acids is 4. The van der Waals surface area contributed by atoms with Crippen molar-refractivity contribution in [2.75, 3.05) is 18.4 Å². The molecule has 2 aromatic heterocycles. The third kappa shape index (κ3) is 6.97. The third-order valence-electron chi connectivity index (χ3n) is 5.46. The Hall–Kier alpha value is -2.58. The van der Waals surface area contributed by atoms with Crippen LogP contribution >= 0.6 is 22.9 Å². The van der Waals surface area contributed by atoms with Gasteiger partial charge in [-0.15, -0.1) is 11.3 Å². The number of anilines is 1. The molecule has 0 radical (unpaired) electrons. The summed E-state index contributed by atoms with van der Waals surface area (Å²) in [5, 5.41) is 3.27. The fourth-order valence-electron chi connectivity index (χ4n) is 3.56. The highest BCUT2D eigenvalue weighted by atomic mass is 35.5. The number of aromatic nitrogens is 1. The smallest absolute Gasteiger partial charge is 0.228 e. The van der Waals surface area contributed by atoms with Gasteiger partial charge in [-0.2, -0.15) is 0 Å². The molecule has 9 heteroatoms. The number of piperidine rings is 1. The maximum atomic E-state index is 12.4. The largest absolute Gasteiger partial charge is 0.343 e. The maximum Gasteiger partial charge on any atom is 0.228 e. The number of Topliss-reactive ketones (excluding diaryl/α,β-unsaturated/α-hetero) is 2. The number of hydrogen-bond donors (Lipinski definition) is 1. The molecule has 0 unspecified atom stereocenters. The average Bonchev–Trinajstić information content (AvgIpc) is 3.23. The molecule has 32 heavy (non-hydrogen) atoms. The van der Waals surface area contributed by atoms with E-state index in [0.29, 0.717) is 41.6 Å². The van der Waals surface area contributed by atoms with E-state index < -0.39 is 0 Å². The van der Waals surface area contributed by atoms with Gasteiger partial charge in [0.2, 0.25) is 11.8 Å². The molecule has 3 heterocycles. The SMILES string of the molecule is Cc1ccc(C(=O)CCC(=O)CCC(=O)N2CCC(C(=O)Nc3ccc(Cl)cn3)CC2)s1. The Morgan fingerprint density at radius 3 is 2.41 bits per heavy atom. The van der Waals surface area contributed by atoms with Gasteiger partial charge in [0.15, 0.2) is 5.78 Å². The van der Waals surface area contributed by atoms with Crippen molar-refractivity contribution in [1.29, 1.82) is 0 Å². The van der Waals surface area contributed by atoms with E-state index in [9.17, 15) is 19.2 Å². The summed E-state index contributed by atoms with van der Waals surface area (Å²) in [6.07, 6.45) is 3.20. The molecule has 0 bridgehead atoms. The molecule has 1 N–H and O–H groups in total. The average molecular weight is 476 g/mol. The molecule has 0 atom stereocenters. The minimum Gasteiger partial charge on any atom is -0.343 e. The summed E-state index contributed by atoms with van der Waals surface area (Å²) in [6, 6.07) is 6.97. The van der Waals surface area contributed by atoms with E-state index in [2.05, 4.69) is 10.3 Å². The van der Waals surface area contributed by atoms with Crippen molar-refractivity contribution in [3.8, 4) is 0 Å². The van der Waals surface area contributed by atoms with Gasteiger partial charge < -0.3 is 10.2 Å². The van der Waals surface area contributed by atoms with Gasteiger partial charge in [0.05, 0.1) is 9.90 Å². The van der Waals surface area contributed by atoms with Crippen LogP contribution in [-0.4, -0.2) is 46.4 Å². The number of amides is 2. The fourth-order valence-corrected chi connectivity index (χ4v) is 4.51.